The Kier molecular flexibility index (Phi) is 5.31. The lowest BCUT2D eigenvalue weighted by Gasteiger charge is -2.38. The molecule has 1 aliphatic heterocycles. The van der Waals surface area contributed by atoms with Crippen molar-refractivity contribution in [2.75, 3.05) is 25.0 Å². The molecule has 1 fully saturated rings. The first-order valence-corrected chi connectivity index (χ1v) is 7.64. The molecule has 0 unspecified atom stereocenters. The maximum absolute atomic E-state index is 12.7. The van der Waals surface area contributed by atoms with Gasteiger partial charge in [0.2, 0.25) is 5.91 Å². The summed E-state index contributed by atoms with van der Waals surface area (Å²) in [5.41, 5.74) is -0.808. The van der Waals surface area contributed by atoms with Gasteiger partial charge in [0.15, 0.2) is 5.60 Å². The second-order valence-corrected chi connectivity index (χ2v) is 5.90. The van der Waals surface area contributed by atoms with E-state index in [4.69, 9.17) is 0 Å². The van der Waals surface area contributed by atoms with Gasteiger partial charge in [0, 0.05) is 18.8 Å². The summed E-state index contributed by atoms with van der Waals surface area (Å²) in [4.78, 5) is 13.6. The molecule has 1 saturated heterocycles. The first-order chi connectivity index (χ1) is 10.7. The number of carbonyl (C=O) groups is 1. The molecule has 23 heavy (non-hydrogen) atoms. The van der Waals surface area contributed by atoms with Gasteiger partial charge in [-0.05, 0) is 37.0 Å². The molecule has 1 aromatic carbocycles. The van der Waals surface area contributed by atoms with Crippen LogP contribution in [0, 0.1) is 0 Å². The van der Waals surface area contributed by atoms with Crippen molar-refractivity contribution in [1.29, 1.82) is 0 Å². The van der Waals surface area contributed by atoms with Crippen LogP contribution in [-0.2, 0) is 11.2 Å². The maximum atomic E-state index is 12.7. The lowest BCUT2D eigenvalue weighted by atomic mass is 9.91. The Morgan fingerprint density at radius 1 is 1.26 bits per heavy atom. The van der Waals surface area contributed by atoms with Crippen molar-refractivity contribution >= 4 is 11.6 Å². The third kappa shape index (κ3) is 4.45. The average molecular weight is 330 g/mol. The Balaban J connectivity index is 1.83. The van der Waals surface area contributed by atoms with E-state index in [1.54, 1.807) is 17.0 Å². The molecule has 128 valence electrons. The minimum Gasteiger partial charge on any atom is -0.380 e. The molecule has 1 aliphatic rings. The number of alkyl halides is 3. The van der Waals surface area contributed by atoms with Crippen molar-refractivity contribution in [2.45, 2.75) is 38.0 Å². The molecule has 0 aromatic heterocycles. The van der Waals surface area contributed by atoms with E-state index in [1.165, 1.54) is 0 Å². The number of hydrogen-bond acceptors (Lipinski definition) is 3. The molecule has 1 amide bonds. The molecule has 1 heterocycles. The summed E-state index contributed by atoms with van der Waals surface area (Å²) in [5.74, 6) is -0.272. The SMILES string of the molecule is CCc1ccc(NC(=O)CN2CCC(O)(C(F)(F)F)CC2)cc1. The van der Waals surface area contributed by atoms with E-state index in [0.29, 0.717) is 5.69 Å². The van der Waals surface area contributed by atoms with Gasteiger partial charge in [-0.3, -0.25) is 9.69 Å². The van der Waals surface area contributed by atoms with Crippen LogP contribution in [0.1, 0.15) is 25.3 Å². The zero-order valence-electron chi connectivity index (χ0n) is 13.0. The van der Waals surface area contributed by atoms with Crippen molar-refractivity contribution in [3.63, 3.8) is 0 Å². The topological polar surface area (TPSA) is 52.6 Å². The number of nitrogens with one attached hydrogen (secondary N) is 1. The summed E-state index contributed by atoms with van der Waals surface area (Å²) < 4.78 is 38.2. The maximum Gasteiger partial charge on any atom is 0.417 e. The van der Waals surface area contributed by atoms with Crippen molar-refractivity contribution in [3.8, 4) is 0 Å². The lowest BCUT2D eigenvalue weighted by Crippen LogP contribution is -2.54. The van der Waals surface area contributed by atoms with Crippen LogP contribution in [0.5, 0.6) is 0 Å². The first-order valence-electron chi connectivity index (χ1n) is 7.64. The lowest BCUT2D eigenvalue weighted by molar-refractivity contribution is -0.272. The van der Waals surface area contributed by atoms with Crippen molar-refractivity contribution in [2.24, 2.45) is 0 Å². The number of likely N-dealkylation sites (tertiary alicyclic amines) is 1. The molecule has 2 rings (SSSR count). The van der Waals surface area contributed by atoms with Gasteiger partial charge in [-0.1, -0.05) is 19.1 Å². The summed E-state index contributed by atoms with van der Waals surface area (Å²) >= 11 is 0. The van der Waals surface area contributed by atoms with E-state index in [0.717, 1.165) is 12.0 Å². The van der Waals surface area contributed by atoms with Gasteiger partial charge in [-0.15, -0.1) is 0 Å². The fourth-order valence-corrected chi connectivity index (χ4v) is 2.59. The van der Waals surface area contributed by atoms with Gasteiger partial charge in [0.05, 0.1) is 6.54 Å². The number of benzene rings is 1. The highest BCUT2D eigenvalue weighted by atomic mass is 19.4. The second kappa shape index (κ2) is 6.88. The first kappa shape index (κ1) is 17.7. The Hall–Kier alpha value is -1.60. The Labute approximate surface area is 133 Å². The van der Waals surface area contributed by atoms with Crippen molar-refractivity contribution < 1.29 is 23.1 Å². The third-order valence-corrected chi connectivity index (χ3v) is 4.22. The fourth-order valence-electron chi connectivity index (χ4n) is 2.59. The number of carbonyl (C=O) groups excluding carboxylic acids is 1. The van der Waals surface area contributed by atoms with E-state index >= 15 is 0 Å². The Morgan fingerprint density at radius 2 is 1.83 bits per heavy atom. The van der Waals surface area contributed by atoms with Crippen LogP contribution in [0.15, 0.2) is 24.3 Å². The fraction of sp³-hybridized carbons (Fsp3) is 0.562. The number of nitrogens with zero attached hydrogens (tertiary/aromatic N) is 1. The highest BCUT2D eigenvalue weighted by molar-refractivity contribution is 5.92. The van der Waals surface area contributed by atoms with Crippen LogP contribution >= 0.6 is 0 Å². The molecule has 0 atom stereocenters. The smallest absolute Gasteiger partial charge is 0.380 e. The molecule has 0 saturated carbocycles. The predicted molar refractivity (Wildman–Crippen MR) is 81.1 cm³/mol. The minimum absolute atomic E-state index is 0.0173. The molecule has 7 heteroatoms. The summed E-state index contributed by atoms with van der Waals surface area (Å²) in [6, 6.07) is 7.44. The van der Waals surface area contributed by atoms with Crippen LogP contribution in [0.3, 0.4) is 0 Å². The zero-order valence-corrected chi connectivity index (χ0v) is 13.0. The summed E-state index contributed by atoms with van der Waals surface area (Å²) in [5, 5.41) is 12.3. The highest BCUT2D eigenvalue weighted by Crippen LogP contribution is 2.38. The Morgan fingerprint density at radius 3 is 2.30 bits per heavy atom. The van der Waals surface area contributed by atoms with Crippen LogP contribution in [0.4, 0.5) is 18.9 Å². The number of halogens is 3. The minimum atomic E-state index is -4.62. The zero-order chi connectivity index (χ0) is 17.1. The number of aryl methyl sites for hydroxylation is 1. The number of amides is 1. The van der Waals surface area contributed by atoms with Gasteiger partial charge in [-0.2, -0.15) is 13.2 Å². The van der Waals surface area contributed by atoms with Gasteiger partial charge >= 0.3 is 6.18 Å². The molecule has 1 aromatic rings. The van der Waals surface area contributed by atoms with Gasteiger partial charge in [-0.25, -0.2) is 0 Å². The summed E-state index contributed by atoms with van der Waals surface area (Å²) in [7, 11) is 0. The molecule has 4 nitrogen and oxygen atoms in total. The van der Waals surface area contributed by atoms with E-state index in [-0.39, 0.29) is 25.5 Å². The van der Waals surface area contributed by atoms with Crippen LogP contribution < -0.4 is 5.32 Å². The van der Waals surface area contributed by atoms with Gasteiger partial charge in [0.1, 0.15) is 0 Å². The van der Waals surface area contributed by atoms with E-state index in [1.807, 2.05) is 19.1 Å². The predicted octanol–water partition coefficient (Wildman–Crippen LogP) is 2.58. The standard InChI is InChI=1S/C16H21F3N2O2/c1-2-12-3-5-13(6-4-12)20-14(22)11-21-9-7-15(23,8-10-21)16(17,18)19/h3-6,23H,2,7-11H2,1H3,(H,20,22). The largest absolute Gasteiger partial charge is 0.417 e. The van der Waals surface area contributed by atoms with Crippen LogP contribution in [0.2, 0.25) is 0 Å². The number of rotatable bonds is 4. The van der Waals surface area contributed by atoms with E-state index < -0.39 is 24.6 Å². The summed E-state index contributed by atoms with van der Waals surface area (Å²) in [6.07, 6.45) is -4.53. The number of aliphatic hydroxyl groups is 1. The second-order valence-electron chi connectivity index (χ2n) is 5.90. The van der Waals surface area contributed by atoms with E-state index in [2.05, 4.69) is 5.32 Å². The molecular weight excluding hydrogens is 309 g/mol. The van der Waals surface area contributed by atoms with Crippen molar-refractivity contribution in [3.05, 3.63) is 29.8 Å². The third-order valence-electron chi connectivity index (χ3n) is 4.22. The van der Waals surface area contributed by atoms with Crippen molar-refractivity contribution in [1.82, 2.24) is 4.90 Å². The quantitative estimate of drug-likeness (QED) is 0.892. The normalized spacial score (nSPS) is 18.7. The van der Waals surface area contributed by atoms with Gasteiger partial charge in [0.25, 0.3) is 0 Å². The van der Waals surface area contributed by atoms with Gasteiger partial charge < -0.3 is 10.4 Å². The average Bonchev–Trinajstić information content (AvgIpc) is 2.49. The van der Waals surface area contributed by atoms with E-state index in [9.17, 15) is 23.1 Å². The molecular formula is C16H21F3N2O2. The summed E-state index contributed by atoms with van der Waals surface area (Å²) in [6.45, 7) is 2.13. The molecule has 2 N–H and O–H groups in total. The molecule has 0 spiro atoms. The Bertz CT molecular complexity index is 535. The molecule has 0 aliphatic carbocycles. The van der Waals surface area contributed by atoms with Crippen LogP contribution in [-0.4, -0.2) is 47.3 Å². The van der Waals surface area contributed by atoms with Crippen LogP contribution in [0.25, 0.3) is 0 Å². The number of piperidine rings is 1. The molecule has 0 bridgehead atoms. The highest BCUT2D eigenvalue weighted by Gasteiger charge is 2.54. The number of hydrogen-bond donors (Lipinski definition) is 2. The monoisotopic (exact) mass is 330 g/mol. The molecule has 0 radical (unpaired) electrons. The number of anilines is 1.